The van der Waals surface area contributed by atoms with Crippen molar-refractivity contribution in [3.8, 4) is 0 Å². The summed E-state index contributed by atoms with van der Waals surface area (Å²) in [5.74, 6) is 0. The number of hydrogen-bond donors (Lipinski definition) is 0. The Balaban J connectivity index is 2.37. The van der Waals surface area contributed by atoms with E-state index in [1.807, 2.05) is 0 Å². The zero-order valence-corrected chi connectivity index (χ0v) is 83.5. The number of nitrogens with zero attached hydrogens (tertiary/aromatic N) is 3. The molecule has 0 atom stereocenters. The van der Waals surface area contributed by atoms with Crippen LogP contribution in [0.3, 0.4) is 0 Å². The molecule has 1 aromatic heterocycles. The van der Waals surface area contributed by atoms with Gasteiger partial charge in [0.2, 0.25) is 0 Å². The van der Waals surface area contributed by atoms with Gasteiger partial charge in [-0.15, -0.1) is 0 Å². The van der Waals surface area contributed by atoms with Crippen molar-refractivity contribution in [3.63, 3.8) is 0 Å². The van der Waals surface area contributed by atoms with Gasteiger partial charge < -0.3 is 14.2 Å². The summed E-state index contributed by atoms with van der Waals surface area (Å²) in [5, 5.41) is 1.48. The van der Waals surface area contributed by atoms with Gasteiger partial charge in [-0.05, 0) is 55.9 Å². The molecule has 0 aliphatic heterocycles. The van der Waals surface area contributed by atoms with E-state index in [2.05, 4.69) is 20.8 Å². The van der Waals surface area contributed by atoms with Crippen molar-refractivity contribution in [3.05, 3.63) is 31.5 Å². The third-order valence-electron chi connectivity index (χ3n) is 26.3. The van der Waals surface area contributed by atoms with E-state index >= 15 is 0 Å². The van der Waals surface area contributed by atoms with E-state index in [-0.39, 0.29) is 39.5 Å². The Hall–Kier alpha value is -1.92. The average Bonchev–Trinajstić information content (AvgIpc) is 0.786. The van der Waals surface area contributed by atoms with Crippen LogP contribution in [0, 0.1) is 0 Å². The van der Waals surface area contributed by atoms with Crippen molar-refractivity contribution < 1.29 is 14.2 Å². The molecule has 0 bridgehead atoms. The van der Waals surface area contributed by atoms with Gasteiger partial charge in [0, 0.05) is 19.3 Å². The van der Waals surface area contributed by atoms with Crippen molar-refractivity contribution in [2.24, 2.45) is 0 Å². The number of thiocarbonyl (C=S) groups is 3. The molecule has 708 valence electrons. The van der Waals surface area contributed by atoms with Gasteiger partial charge in [-0.1, -0.05) is 579 Å². The van der Waals surface area contributed by atoms with Crippen LogP contribution in [0.1, 0.15) is 618 Å². The number of aromatic nitrogens is 3. The first-order valence-electron chi connectivity index (χ1n) is 54.7. The second-order valence-corrected chi connectivity index (χ2v) is 39.3. The standard InChI is InChI=1S/C108H207N3O6S3/c1-4-7-10-13-16-19-22-25-28-31-34-37-40-43-46-49-52-55-58-61-64-67-70-73-76-79-82-85-88-91-94-103(118)115-100-97-109-106(112)110(98-101-116-104(119)95-92-89-86-83-80-77-74-71-68-65-62-59-56-53-50-47-44-41-38-35-32-29-26-23-20-17-14-11-8-5-2)108(114)111(107(109)113)99-102-117-105(120)96-93-90-87-84-81-78-75-72-69-66-63-60-57-54-51-48-45-42-39-36-33-30-27-24-21-18-15-12-9-6-3/h4-102H2,1-3H3. The molecule has 9 nitrogen and oxygen atoms in total. The second-order valence-electron chi connectivity index (χ2n) is 38.0. The highest BCUT2D eigenvalue weighted by molar-refractivity contribution is 7.80. The molecule has 0 unspecified atom stereocenters. The lowest BCUT2D eigenvalue weighted by atomic mass is 10.0. The minimum atomic E-state index is -0.685. The van der Waals surface area contributed by atoms with E-state index in [1.54, 1.807) is 0 Å². The Morgan fingerprint density at radius 1 is 0.167 bits per heavy atom. The third-order valence-corrected chi connectivity index (χ3v) is 27.3. The number of unbranched alkanes of at least 4 members (excludes halogenated alkanes) is 87. The smallest absolute Gasteiger partial charge is 0.336 e. The van der Waals surface area contributed by atoms with Crippen molar-refractivity contribution >= 4 is 51.8 Å². The van der Waals surface area contributed by atoms with Crippen LogP contribution >= 0.6 is 36.7 Å². The summed E-state index contributed by atoms with van der Waals surface area (Å²) < 4.78 is 21.2. The molecule has 0 spiro atoms. The van der Waals surface area contributed by atoms with Crippen LogP contribution in [-0.4, -0.2) is 48.7 Å². The van der Waals surface area contributed by atoms with Crippen molar-refractivity contribution in [1.29, 1.82) is 0 Å². The Labute approximate surface area is 763 Å². The first-order valence-corrected chi connectivity index (χ1v) is 55.9. The summed E-state index contributed by atoms with van der Waals surface area (Å²) in [6, 6.07) is 0. The average molecular weight is 1740 g/mol. The van der Waals surface area contributed by atoms with E-state index in [4.69, 9.17) is 50.9 Å². The Morgan fingerprint density at radius 3 is 0.358 bits per heavy atom. The fraction of sp³-hybridized carbons (Fsp3) is 0.944. The molecule has 1 rings (SSSR count). The Morgan fingerprint density at radius 2 is 0.258 bits per heavy atom. The van der Waals surface area contributed by atoms with Crippen LogP contribution in [0.5, 0.6) is 0 Å². The molecule has 120 heavy (non-hydrogen) atoms. The van der Waals surface area contributed by atoms with Gasteiger partial charge in [-0.2, -0.15) is 0 Å². The molecular weight excluding hydrogens is 1530 g/mol. The lowest BCUT2D eigenvalue weighted by Crippen LogP contribution is -2.55. The predicted octanol–water partition coefficient (Wildman–Crippen LogP) is 36.5. The van der Waals surface area contributed by atoms with Gasteiger partial charge in [-0.3, -0.25) is 0 Å². The highest BCUT2D eigenvalue weighted by atomic mass is 32.1. The maximum Gasteiger partial charge on any atom is 0.336 e. The zero-order chi connectivity index (χ0) is 86.3. The first kappa shape index (κ1) is 116. The van der Waals surface area contributed by atoms with Crippen LogP contribution in [0.25, 0.3) is 0 Å². The fourth-order valence-corrected chi connectivity index (χ4v) is 18.8. The lowest BCUT2D eigenvalue weighted by molar-refractivity contribution is 0.247. The van der Waals surface area contributed by atoms with E-state index in [1.165, 1.54) is 539 Å². The predicted molar refractivity (Wildman–Crippen MR) is 541 cm³/mol. The van der Waals surface area contributed by atoms with E-state index in [0.29, 0.717) is 34.4 Å². The summed E-state index contributed by atoms with van der Waals surface area (Å²) in [6.45, 7) is 7.00. The van der Waals surface area contributed by atoms with Crippen molar-refractivity contribution in [1.82, 2.24) is 13.7 Å². The molecule has 0 N–H and O–H groups in total. The summed E-state index contributed by atoms with van der Waals surface area (Å²) >= 11 is 16.9. The Kier molecular flexibility index (Phi) is 94.5. The van der Waals surface area contributed by atoms with Crippen LogP contribution in [0.15, 0.2) is 14.4 Å². The van der Waals surface area contributed by atoms with E-state index in [9.17, 15) is 14.4 Å². The minimum Gasteiger partial charge on any atom is -0.485 e. The lowest BCUT2D eigenvalue weighted by Gasteiger charge is -2.15. The zero-order valence-electron chi connectivity index (χ0n) is 81.0. The summed E-state index contributed by atoms with van der Waals surface area (Å²) in [7, 11) is 0. The normalized spacial score (nSPS) is 11.6. The van der Waals surface area contributed by atoms with Gasteiger partial charge >= 0.3 is 17.1 Å². The SMILES string of the molecule is CCCCCCCCCCCCCCCCCCCCCCCCCCCCCCCCC(=S)OCCn1c(=O)n(CCOC(=S)CCCCCCCCCCCCCCCCCCCCCCCCCCCCCCCC)c(=O)n(CCOC(=S)CCCCCCCCCCCCCCCCCCCCCCCCCCCCCCCC)c1=O. The van der Waals surface area contributed by atoms with Gasteiger partial charge in [0.05, 0.1) is 19.6 Å². The first-order chi connectivity index (χ1) is 59.3. The minimum absolute atomic E-state index is 0.0321. The molecule has 0 aliphatic rings. The Bertz CT molecular complexity index is 2170. The highest BCUT2D eigenvalue weighted by Gasteiger charge is 2.18. The largest absolute Gasteiger partial charge is 0.485 e. The third kappa shape index (κ3) is 83.0. The van der Waals surface area contributed by atoms with Crippen molar-refractivity contribution in [2.45, 2.75) is 638 Å². The molecule has 12 heteroatoms. The molecule has 0 aromatic carbocycles. The van der Waals surface area contributed by atoms with E-state index in [0.717, 1.165) is 52.2 Å². The quantitative estimate of drug-likeness (QED) is 0.0467. The molecular formula is C108H207N3O6S3. The highest BCUT2D eigenvalue weighted by Crippen LogP contribution is 2.23. The second kappa shape index (κ2) is 97.7. The van der Waals surface area contributed by atoms with Gasteiger partial charge in [0.25, 0.3) is 0 Å². The van der Waals surface area contributed by atoms with Crippen LogP contribution in [0.4, 0.5) is 0 Å². The molecule has 0 fully saturated rings. The van der Waals surface area contributed by atoms with Crippen molar-refractivity contribution in [2.75, 3.05) is 19.8 Å². The van der Waals surface area contributed by atoms with Gasteiger partial charge in [0.15, 0.2) is 15.2 Å². The molecule has 0 radical (unpaired) electrons. The summed E-state index contributed by atoms with van der Waals surface area (Å²) in [4.78, 5) is 42.0. The van der Waals surface area contributed by atoms with Crippen LogP contribution < -0.4 is 17.1 Å². The fourth-order valence-electron chi connectivity index (χ4n) is 18.1. The molecule has 0 saturated carbocycles. The monoisotopic (exact) mass is 1740 g/mol. The molecule has 1 aromatic rings. The van der Waals surface area contributed by atoms with E-state index < -0.39 is 17.1 Å². The number of rotatable bonds is 102. The summed E-state index contributed by atoms with van der Waals surface area (Å²) in [6.07, 6.45) is 126. The topological polar surface area (TPSA) is 93.7 Å². The maximum atomic E-state index is 14.0. The number of ether oxygens (including phenoxy) is 3. The maximum absolute atomic E-state index is 14.0. The van der Waals surface area contributed by atoms with Crippen LogP contribution in [0.2, 0.25) is 0 Å². The molecule has 1 heterocycles. The van der Waals surface area contributed by atoms with Crippen LogP contribution in [-0.2, 0) is 33.8 Å². The molecule has 0 aliphatic carbocycles. The van der Waals surface area contributed by atoms with Gasteiger partial charge in [0.1, 0.15) is 19.8 Å². The molecule has 0 saturated heterocycles. The van der Waals surface area contributed by atoms with Gasteiger partial charge in [-0.25, -0.2) is 28.1 Å². The number of hydrogen-bond acceptors (Lipinski definition) is 9. The molecule has 0 amide bonds. The summed E-state index contributed by atoms with van der Waals surface area (Å²) in [5.41, 5.74) is -2.06.